The Morgan fingerprint density at radius 1 is 1.38 bits per heavy atom. The molecule has 1 aliphatic rings. The fraction of sp³-hybridized carbons (Fsp3) is 0.0625. The Labute approximate surface area is 173 Å². The zero-order valence-electron chi connectivity index (χ0n) is 12.8. The molecule has 10 heteroatoms. The molecule has 0 radical (unpaired) electrons. The first-order chi connectivity index (χ1) is 12.3. The molecule has 2 heterocycles. The van der Waals surface area contributed by atoms with Crippen molar-refractivity contribution in [2.24, 2.45) is 0 Å². The number of rotatable bonds is 4. The van der Waals surface area contributed by atoms with Crippen LogP contribution in [0, 0.1) is 9.58 Å². The van der Waals surface area contributed by atoms with Crippen LogP contribution in [0.1, 0.15) is 5.76 Å². The lowest BCUT2D eigenvalue weighted by atomic mass is 10.3. The number of nitrogens with zero attached hydrogens (tertiary/aromatic N) is 1. The second-order valence-corrected chi connectivity index (χ2v) is 7.89. The van der Waals surface area contributed by atoms with Crippen molar-refractivity contribution < 1.29 is 23.2 Å². The van der Waals surface area contributed by atoms with E-state index >= 15 is 0 Å². The number of para-hydroxylation sites is 1. The molecule has 0 aliphatic carbocycles. The monoisotopic (exact) mass is 550 g/mol. The summed E-state index contributed by atoms with van der Waals surface area (Å²) in [5.41, 5.74) is -0.0185. The number of anilines is 1. The maximum absolute atomic E-state index is 13.6. The summed E-state index contributed by atoms with van der Waals surface area (Å²) in [5.74, 6) is -1.48. The van der Waals surface area contributed by atoms with Crippen LogP contribution in [0.3, 0.4) is 0 Å². The number of nitrogens with one attached hydrogen (secondary N) is 1. The van der Waals surface area contributed by atoms with Crippen molar-refractivity contribution in [1.29, 1.82) is 0 Å². The van der Waals surface area contributed by atoms with Crippen LogP contribution in [0.5, 0.6) is 0 Å². The van der Waals surface area contributed by atoms with Gasteiger partial charge in [-0.2, -0.15) is 0 Å². The molecule has 1 fully saturated rings. The number of halogens is 3. The summed E-state index contributed by atoms with van der Waals surface area (Å²) in [7, 11) is 0. The average Bonchev–Trinajstić information content (AvgIpc) is 3.03. The number of hydrogen-bond donors (Lipinski definition) is 1. The fourth-order valence-corrected chi connectivity index (χ4v) is 3.63. The van der Waals surface area contributed by atoms with E-state index in [0.29, 0.717) is 21.3 Å². The molecule has 26 heavy (non-hydrogen) atoms. The molecular weight excluding hydrogens is 542 g/mol. The van der Waals surface area contributed by atoms with Crippen molar-refractivity contribution in [2.75, 3.05) is 11.9 Å². The topological polar surface area (TPSA) is 79.6 Å². The normalized spacial score (nSPS) is 15.8. The molecule has 1 aromatic heterocycles. The third kappa shape index (κ3) is 4.18. The third-order valence-corrected chi connectivity index (χ3v) is 6.30. The van der Waals surface area contributed by atoms with E-state index in [0.717, 1.165) is 9.37 Å². The van der Waals surface area contributed by atoms with Crippen LogP contribution in [0.4, 0.5) is 14.9 Å². The van der Waals surface area contributed by atoms with E-state index in [9.17, 15) is 18.8 Å². The van der Waals surface area contributed by atoms with E-state index in [4.69, 9.17) is 4.42 Å². The number of imide groups is 1. The molecule has 1 aromatic carbocycles. The molecule has 2 aromatic rings. The molecule has 134 valence electrons. The van der Waals surface area contributed by atoms with Crippen LogP contribution in [-0.4, -0.2) is 28.5 Å². The molecule has 1 N–H and O–H groups in total. The predicted octanol–water partition coefficient (Wildman–Crippen LogP) is 4.46. The molecule has 0 unspecified atom stereocenters. The number of carbonyl (C=O) groups is 3. The van der Waals surface area contributed by atoms with E-state index in [1.807, 2.05) is 22.6 Å². The Morgan fingerprint density at radius 3 is 2.77 bits per heavy atom. The fourth-order valence-electron chi connectivity index (χ4n) is 2.10. The van der Waals surface area contributed by atoms with Crippen molar-refractivity contribution in [3.63, 3.8) is 0 Å². The minimum atomic E-state index is -0.672. The first-order valence-corrected chi connectivity index (χ1v) is 9.78. The van der Waals surface area contributed by atoms with E-state index in [1.165, 1.54) is 24.3 Å². The summed E-state index contributed by atoms with van der Waals surface area (Å²) in [6.45, 7) is -0.504. The highest BCUT2D eigenvalue weighted by atomic mass is 127. The van der Waals surface area contributed by atoms with Crippen LogP contribution >= 0.6 is 50.3 Å². The molecule has 3 rings (SSSR count). The Kier molecular flexibility index (Phi) is 5.82. The Hall–Kier alpha value is -1.66. The number of benzene rings is 1. The van der Waals surface area contributed by atoms with Crippen molar-refractivity contribution >= 4 is 79.1 Å². The van der Waals surface area contributed by atoms with Gasteiger partial charge in [0.2, 0.25) is 5.91 Å². The van der Waals surface area contributed by atoms with Crippen molar-refractivity contribution in [3.05, 3.63) is 55.1 Å². The van der Waals surface area contributed by atoms with Gasteiger partial charge in [-0.15, -0.1) is 0 Å². The van der Waals surface area contributed by atoms with Crippen molar-refractivity contribution in [3.8, 4) is 0 Å². The lowest BCUT2D eigenvalue weighted by Gasteiger charge is -2.12. The quantitative estimate of drug-likeness (QED) is 0.449. The maximum Gasteiger partial charge on any atom is 0.294 e. The van der Waals surface area contributed by atoms with E-state index in [2.05, 4.69) is 21.2 Å². The Balaban J connectivity index is 1.71. The highest BCUT2D eigenvalue weighted by Crippen LogP contribution is 2.33. The highest BCUT2D eigenvalue weighted by Gasteiger charge is 2.36. The maximum atomic E-state index is 13.6. The first-order valence-electron chi connectivity index (χ1n) is 7.09. The van der Waals surface area contributed by atoms with Gasteiger partial charge in [0.1, 0.15) is 18.1 Å². The standard InChI is InChI=1S/C16H9BrFIN2O4S/c17-9-5-8(25-14(9)19)6-12-15(23)21(16(24)26-12)7-13(22)20-11-4-2-1-3-10(11)18/h1-6H,7H2,(H,20,22)/b12-6-. The first kappa shape index (κ1) is 19.1. The molecule has 0 spiro atoms. The van der Waals surface area contributed by atoms with Gasteiger partial charge in [-0.25, -0.2) is 4.39 Å². The van der Waals surface area contributed by atoms with Gasteiger partial charge in [0.05, 0.1) is 15.1 Å². The number of thioether (sulfide) groups is 1. The van der Waals surface area contributed by atoms with Crippen molar-refractivity contribution in [1.82, 2.24) is 4.90 Å². The summed E-state index contributed by atoms with van der Waals surface area (Å²) in [4.78, 5) is 37.4. The molecule has 6 nitrogen and oxygen atoms in total. The lowest BCUT2D eigenvalue weighted by Crippen LogP contribution is -2.36. The Bertz CT molecular complexity index is 927. The van der Waals surface area contributed by atoms with E-state index < -0.39 is 29.4 Å². The highest BCUT2D eigenvalue weighted by molar-refractivity contribution is 14.1. The number of carbonyl (C=O) groups excluding carboxylic acids is 3. The van der Waals surface area contributed by atoms with Gasteiger partial charge < -0.3 is 9.73 Å². The van der Waals surface area contributed by atoms with Crippen molar-refractivity contribution in [2.45, 2.75) is 0 Å². The Morgan fingerprint density at radius 2 is 2.12 bits per heavy atom. The second-order valence-electron chi connectivity index (χ2n) is 5.07. The molecular formula is C16H9BrFIN2O4S. The minimum absolute atomic E-state index is 0.0185. The smallest absolute Gasteiger partial charge is 0.294 e. The van der Waals surface area contributed by atoms with Crippen LogP contribution in [-0.2, 0) is 9.59 Å². The predicted molar refractivity (Wildman–Crippen MR) is 107 cm³/mol. The number of amides is 3. The summed E-state index contributed by atoms with van der Waals surface area (Å²) < 4.78 is 20.3. The summed E-state index contributed by atoms with van der Waals surface area (Å²) in [6.07, 6.45) is 1.44. The number of hydrogen-bond acceptors (Lipinski definition) is 5. The van der Waals surface area contributed by atoms with Gasteiger partial charge in [0.15, 0.2) is 3.77 Å². The summed E-state index contributed by atoms with van der Waals surface area (Å²) in [5, 5.41) is 1.76. The zero-order chi connectivity index (χ0) is 18.8. The van der Waals surface area contributed by atoms with Gasteiger partial charge >= 0.3 is 0 Å². The number of furan rings is 1. The van der Waals surface area contributed by atoms with Crippen LogP contribution < -0.4 is 5.32 Å². The molecule has 1 aliphatic heterocycles. The molecule has 0 bridgehead atoms. The zero-order valence-corrected chi connectivity index (χ0v) is 17.4. The SMILES string of the molecule is O=C(CN1C(=O)S/C(=C\c2cc(Br)c(I)o2)C1=O)Nc1ccccc1F. The van der Waals surface area contributed by atoms with Gasteiger partial charge in [-0.1, -0.05) is 12.1 Å². The molecule has 0 atom stereocenters. The lowest BCUT2D eigenvalue weighted by molar-refractivity contribution is -0.127. The second kappa shape index (κ2) is 7.92. The summed E-state index contributed by atoms with van der Waals surface area (Å²) in [6, 6.07) is 7.30. The largest absolute Gasteiger partial charge is 0.450 e. The van der Waals surface area contributed by atoms with Gasteiger partial charge in [-0.05, 0) is 45.9 Å². The molecule has 0 saturated carbocycles. The molecule has 1 saturated heterocycles. The van der Waals surface area contributed by atoms with E-state index in [1.54, 1.807) is 12.1 Å². The minimum Gasteiger partial charge on any atom is -0.450 e. The van der Waals surface area contributed by atoms with Crippen LogP contribution in [0.2, 0.25) is 0 Å². The van der Waals surface area contributed by atoms with Crippen LogP contribution in [0.25, 0.3) is 6.08 Å². The van der Waals surface area contributed by atoms with Gasteiger partial charge in [-0.3, -0.25) is 19.3 Å². The van der Waals surface area contributed by atoms with Gasteiger partial charge in [0.25, 0.3) is 11.1 Å². The summed E-state index contributed by atoms with van der Waals surface area (Å²) >= 11 is 5.98. The van der Waals surface area contributed by atoms with Crippen LogP contribution in [0.15, 0.2) is 44.1 Å². The van der Waals surface area contributed by atoms with Gasteiger partial charge in [0, 0.05) is 28.7 Å². The van der Waals surface area contributed by atoms with E-state index in [-0.39, 0.29) is 10.6 Å². The molecule has 3 amide bonds. The average molecular weight is 551 g/mol. The third-order valence-electron chi connectivity index (χ3n) is 3.26.